The zero-order valence-electron chi connectivity index (χ0n) is 11.4. The van der Waals surface area contributed by atoms with Gasteiger partial charge in [0.15, 0.2) is 0 Å². The third kappa shape index (κ3) is 2.96. The molecule has 0 aliphatic carbocycles. The van der Waals surface area contributed by atoms with E-state index >= 15 is 0 Å². The lowest BCUT2D eigenvalue weighted by Crippen LogP contribution is -2.39. The molecule has 108 valence electrons. The van der Waals surface area contributed by atoms with E-state index in [-0.39, 0.29) is 24.1 Å². The Balaban J connectivity index is 2.10. The smallest absolute Gasteiger partial charge is 0.272 e. The Morgan fingerprint density at radius 3 is 2.60 bits per heavy atom. The van der Waals surface area contributed by atoms with Gasteiger partial charge in [-0.25, -0.2) is 0 Å². The Hall–Kier alpha value is -1.95. The summed E-state index contributed by atoms with van der Waals surface area (Å²) in [7, 11) is 0. The van der Waals surface area contributed by atoms with Gasteiger partial charge in [-0.3, -0.25) is 14.9 Å². The molecule has 6 nitrogen and oxygen atoms in total. The second-order valence-corrected chi connectivity index (χ2v) is 5.18. The summed E-state index contributed by atoms with van der Waals surface area (Å²) in [6, 6.07) is 4.45. The number of aryl methyl sites for hydroxylation is 1. The van der Waals surface area contributed by atoms with Crippen molar-refractivity contribution < 1.29 is 14.8 Å². The number of aliphatic hydroxyl groups excluding tert-OH is 1. The highest BCUT2D eigenvalue weighted by Gasteiger charge is 2.24. The molecule has 1 aliphatic heterocycles. The zero-order chi connectivity index (χ0) is 14.7. The molecule has 0 spiro atoms. The van der Waals surface area contributed by atoms with Crippen molar-refractivity contribution >= 4 is 11.6 Å². The quantitative estimate of drug-likeness (QED) is 0.674. The maximum Gasteiger partial charge on any atom is 0.272 e. The Bertz CT molecular complexity index is 522. The predicted molar refractivity (Wildman–Crippen MR) is 73.5 cm³/mol. The molecule has 1 heterocycles. The van der Waals surface area contributed by atoms with Crippen molar-refractivity contribution in [3.63, 3.8) is 0 Å². The number of hydrogen-bond acceptors (Lipinski definition) is 4. The van der Waals surface area contributed by atoms with E-state index in [9.17, 15) is 14.9 Å². The van der Waals surface area contributed by atoms with Gasteiger partial charge >= 0.3 is 0 Å². The number of nitro groups is 1. The van der Waals surface area contributed by atoms with Crippen molar-refractivity contribution in [3.8, 4) is 0 Å². The minimum absolute atomic E-state index is 0.0283. The third-order valence-corrected chi connectivity index (χ3v) is 3.80. The molecule has 20 heavy (non-hydrogen) atoms. The molecule has 0 bridgehead atoms. The van der Waals surface area contributed by atoms with Crippen LogP contribution in [0.25, 0.3) is 0 Å². The van der Waals surface area contributed by atoms with Gasteiger partial charge in [0, 0.05) is 36.9 Å². The van der Waals surface area contributed by atoms with Crippen LogP contribution in [0.4, 0.5) is 5.69 Å². The number of nitro benzene ring substituents is 1. The van der Waals surface area contributed by atoms with Gasteiger partial charge < -0.3 is 10.0 Å². The minimum Gasteiger partial charge on any atom is -0.396 e. The van der Waals surface area contributed by atoms with E-state index in [0.717, 1.165) is 12.8 Å². The van der Waals surface area contributed by atoms with Gasteiger partial charge in [-0.1, -0.05) is 0 Å². The number of nitrogens with zero attached hydrogens (tertiary/aromatic N) is 2. The van der Waals surface area contributed by atoms with E-state index < -0.39 is 4.92 Å². The number of piperidine rings is 1. The van der Waals surface area contributed by atoms with Gasteiger partial charge in [0.2, 0.25) is 0 Å². The fourth-order valence-electron chi connectivity index (χ4n) is 2.49. The predicted octanol–water partition coefficient (Wildman–Crippen LogP) is 1.75. The van der Waals surface area contributed by atoms with Gasteiger partial charge in [0.1, 0.15) is 0 Å². The Kier molecular flexibility index (Phi) is 4.34. The monoisotopic (exact) mass is 278 g/mol. The normalized spacial score (nSPS) is 16.2. The van der Waals surface area contributed by atoms with Crippen molar-refractivity contribution in [1.82, 2.24) is 4.90 Å². The van der Waals surface area contributed by atoms with Crippen molar-refractivity contribution in [2.75, 3.05) is 19.7 Å². The standard InChI is InChI=1S/C14H18N2O4/c1-10-8-12(2-3-13(10)16(19)20)14(18)15-6-4-11(9-17)5-7-15/h2-3,8,11,17H,4-7,9H2,1H3. The van der Waals surface area contributed by atoms with Crippen LogP contribution in [-0.2, 0) is 0 Å². The molecule has 1 aromatic rings. The number of likely N-dealkylation sites (tertiary alicyclic amines) is 1. The van der Waals surface area contributed by atoms with E-state index in [4.69, 9.17) is 5.11 Å². The van der Waals surface area contributed by atoms with Crippen LogP contribution in [-0.4, -0.2) is 40.5 Å². The first-order chi connectivity index (χ1) is 9.52. The molecule has 1 saturated heterocycles. The van der Waals surface area contributed by atoms with Gasteiger partial charge in [-0.05, 0) is 37.8 Å². The van der Waals surface area contributed by atoms with Crippen LogP contribution in [0.1, 0.15) is 28.8 Å². The van der Waals surface area contributed by atoms with Crippen LogP contribution in [0.2, 0.25) is 0 Å². The summed E-state index contributed by atoms with van der Waals surface area (Å²) in [5, 5.41) is 19.8. The maximum atomic E-state index is 12.3. The molecule has 0 atom stereocenters. The first kappa shape index (κ1) is 14.5. The average Bonchev–Trinajstić information content (AvgIpc) is 2.46. The van der Waals surface area contributed by atoms with Gasteiger partial charge in [0.05, 0.1) is 4.92 Å². The Morgan fingerprint density at radius 1 is 1.45 bits per heavy atom. The first-order valence-corrected chi connectivity index (χ1v) is 6.68. The van der Waals surface area contributed by atoms with Crippen LogP contribution in [0.15, 0.2) is 18.2 Å². The third-order valence-electron chi connectivity index (χ3n) is 3.80. The molecule has 1 amide bonds. The highest BCUT2D eigenvalue weighted by Crippen LogP contribution is 2.22. The highest BCUT2D eigenvalue weighted by molar-refractivity contribution is 5.94. The summed E-state index contributed by atoms with van der Waals surface area (Å²) >= 11 is 0. The number of benzene rings is 1. The number of carbonyl (C=O) groups excluding carboxylic acids is 1. The minimum atomic E-state index is -0.448. The molecule has 1 aromatic carbocycles. The van der Waals surface area contributed by atoms with Crippen LogP contribution < -0.4 is 0 Å². The first-order valence-electron chi connectivity index (χ1n) is 6.68. The van der Waals surface area contributed by atoms with Crippen LogP contribution >= 0.6 is 0 Å². The van der Waals surface area contributed by atoms with E-state index in [1.165, 1.54) is 12.1 Å². The van der Waals surface area contributed by atoms with Crippen LogP contribution in [0, 0.1) is 23.0 Å². The average molecular weight is 278 g/mol. The molecule has 6 heteroatoms. The Labute approximate surface area is 117 Å². The summed E-state index contributed by atoms with van der Waals surface area (Å²) in [5.74, 6) is 0.178. The van der Waals surface area contributed by atoms with E-state index in [2.05, 4.69) is 0 Å². The largest absolute Gasteiger partial charge is 0.396 e. The fourth-order valence-corrected chi connectivity index (χ4v) is 2.49. The van der Waals surface area contributed by atoms with E-state index in [1.807, 2.05) is 0 Å². The number of carbonyl (C=O) groups is 1. The molecule has 1 aliphatic rings. The molecule has 2 rings (SSSR count). The summed E-state index contributed by atoms with van der Waals surface area (Å²) in [5.41, 5.74) is 1.00. The van der Waals surface area contributed by atoms with Gasteiger partial charge in [-0.2, -0.15) is 0 Å². The lowest BCUT2D eigenvalue weighted by Gasteiger charge is -2.31. The lowest BCUT2D eigenvalue weighted by atomic mass is 9.97. The molecule has 0 aromatic heterocycles. The van der Waals surface area contributed by atoms with E-state index in [1.54, 1.807) is 17.9 Å². The highest BCUT2D eigenvalue weighted by atomic mass is 16.6. The van der Waals surface area contributed by atoms with Crippen molar-refractivity contribution in [1.29, 1.82) is 0 Å². The molecular formula is C14H18N2O4. The second-order valence-electron chi connectivity index (χ2n) is 5.18. The lowest BCUT2D eigenvalue weighted by molar-refractivity contribution is -0.385. The summed E-state index contributed by atoms with van der Waals surface area (Å²) in [6.45, 7) is 3.05. The molecule has 0 radical (unpaired) electrons. The van der Waals surface area contributed by atoms with Crippen molar-refractivity contribution in [3.05, 3.63) is 39.4 Å². The molecular weight excluding hydrogens is 260 g/mol. The number of aliphatic hydroxyl groups is 1. The van der Waals surface area contributed by atoms with Crippen molar-refractivity contribution in [2.24, 2.45) is 5.92 Å². The number of rotatable bonds is 3. The molecule has 0 unspecified atom stereocenters. The van der Waals surface area contributed by atoms with Gasteiger partial charge in [0.25, 0.3) is 11.6 Å². The summed E-state index contributed by atoms with van der Waals surface area (Å²) < 4.78 is 0. The maximum absolute atomic E-state index is 12.3. The topological polar surface area (TPSA) is 83.7 Å². The Morgan fingerprint density at radius 2 is 2.10 bits per heavy atom. The molecule has 1 fully saturated rings. The molecule has 0 saturated carbocycles. The second kappa shape index (κ2) is 6.00. The SMILES string of the molecule is Cc1cc(C(=O)N2CCC(CO)CC2)ccc1[N+](=O)[O-]. The molecule has 1 N–H and O–H groups in total. The zero-order valence-corrected chi connectivity index (χ0v) is 11.4. The van der Waals surface area contributed by atoms with Crippen LogP contribution in [0.3, 0.4) is 0 Å². The van der Waals surface area contributed by atoms with Crippen LogP contribution in [0.5, 0.6) is 0 Å². The fraction of sp³-hybridized carbons (Fsp3) is 0.500. The van der Waals surface area contributed by atoms with E-state index in [0.29, 0.717) is 24.2 Å². The van der Waals surface area contributed by atoms with Crippen molar-refractivity contribution in [2.45, 2.75) is 19.8 Å². The number of amides is 1. The van der Waals surface area contributed by atoms with Gasteiger partial charge in [-0.15, -0.1) is 0 Å². The summed E-state index contributed by atoms with van der Waals surface area (Å²) in [4.78, 5) is 24.4. The number of hydrogen-bond donors (Lipinski definition) is 1. The summed E-state index contributed by atoms with van der Waals surface area (Å²) in [6.07, 6.45) is 1.60.